The van der Waals surface area contributed by atoms with Crippen LogP contribution in [0.3, 0.4) is 0 Å². The second kappa shape index (κ2) is 7.30. The first-order valence-corrected chi connectivity index (χ1v) is 6.09. The zero-order valence-electron chi connectivity index (χ0n) is 11.2. The predicted octanol–water partition coefficient (Wildman–Crippen LogP) is -1.25. The van der Waals surface area contributed by atoms with Gasteiger partial charge in [0.05, 0.1) is 18.8 Å². The van der Waals surface area contributed by atoms with E-state index in [0.29, 0.717) is 13.2 Å². The lowest BCUT2D eigenvalue weighted by atomic mass is 10.2. The van der Waals surface area contributed by atoms with E-state index >= 15 is 0 Å². The molecule has 0 spiro atoms. The van der Waals surface area contributed by atoms with Gasteiger partial charge < -0.3 is 15.4 Å². The molecule has 7 heteroatoms. The van der Waals surface area contributed by atoms with E-state index in [4.69, 9.17) is 4.74 Å². The molecular weight excluding hydrogens is 236 g/mol. The molecule has 1 aliphatic rings. The summed E-state index contributed by atoms with van der Waals surface area (Å²) >= 11 is 0. The van der Waals surface area contributed by atoms with Gasteiger partial charge in [-0.2, -0.15) is 0 Å². The molecule has 3 N–H and O–H groups in total. The number of carbonyl (C=O) groups excluding carboxylic acids is 2. The first-order valence-electron chi connectivity index (χ1n) is 6.09. The monoisotopic (exact) mass is 258 g/mol. The minimum atomic E-state index is -0.490. The molecule has 0 aromatic rings. The molecule has 0 aliphatic carbocycles. The molecule has 3 amide bonds. The smallest absolute Gasteiger partial charge is 0.321 e. The van der Waals surface area contributed by atoms with Gasteiger partial charge in [0, 0.05) is 26.7 Å². The van der Waals surface area contributed by atoms with Crippen LogP contribution in [0, 0.1) is 0 Å². The summed E-state index contributed by atoms with van der Waals surface area (Å²) in [7, 11) is 3.31. The first-order chi connectivity index (χ1) is 8.54. The van der Waals surface area contributed by atoms with Crippen molar-refractivity contribution >= 4 is 11.9 Å². The average Bonchev–Trinajstić information content (AvgIpc) is 2.38. The Bertz CT molecular complexity index is 292. The third-order valence-electron chi connectivity index (χ3n) is 3.00. The van der Waals surface area contributed by atoms with Gasteiger partial charge in [0.1, 0.15) is 0 Å². The van der Waals surface area contributed by atoms with Crippen molar-refractivity contribution in [3.63, 3.8) is 0 Å². The van der Waals surface area contributed by atoms with Crippen LogP contribution in [0.2, 0.25) is 0 Å². The highest BCUT2D eigenvalue weighted by molar-refractivity contribution is 5.96. The van der Waals surface area contributed by atoms with Crippen LogP contribution < -0.4 is 16.0 Å². The minimum Gasteiger partial charge on any atom is -0.374 e. The number of nitrogens with zero attached hydrogens (tertiary/aromatic N) is 1. The van der Waals surface area contributed by atoms with Crippen LogP contribution in [0.1, 0.15) is 6.92 Å². The number of hydrogen-bond acceptors (Lipinski definition) is 5. The lowest BCUT2D eigenvalue weighted by molar-refractivity contribution is -0.125. The van der Waals surface area contributed by atoms with Gasteiger partial charge in [-0.05, 0) is 14.0 Å². The van der Waals surface area contributed by atoms with Gasteiger partial charge in [-0.15, -0.1) is 0 Å². The highest BCUT2D eigenvalue weighted by atomic mass is 16.5. The molecule has 1 saturated heterocycles. The van der Waals surface area contributed by atoms with Gasteiger partial charge in [-0.3, -0.25) is 15.0 Å². The number of rotatable bonds is 4. The average molecular weight is 258 g/mol. The molecular formula is C11H22N4O3. The number of likely N-dealkylation sites (N-methyl/N-ethyl adjacent to an activating group) is 1. The summed E-state index contributed by atoms with van der Waals surface area (Å²) in [4.78, 5) is 24.6. The topological polar surface area (TPSA) is 82.7 Å². The van der Waals surface area contributed by atoms with Crippen LogP contribution in [0.4, 0.5) is 4.79 Å². The quantitative estimate of drug-likeness (QED) is 0.587. The van der Waals surface area contributed by atoms with Crippen LogP contribution in [-0.2, 0) is 9.53 Å². The molecule has 0 aromatic heterocycles. The number of morpholine rings is 1. The molecule has 1 heterocycles. The maximum absolute atomic E-state index is 11.7. The van der Waals surface area contributed by atoms with Crippen LogP contribution in [-0.4, -0.2) is 69.3 Å². The Balaban J connectivity index is 2.37. The highest BCUT2D eigenvalue weighted by Gasteiger charge is 2.23. The van der Waals surface area contributed by atoms with Gasteiger partial charge in [0.15, 0.2) is 0 Å². The van der Waals surface area contributed by atoms with E-state index in [1.807, 2.05) is 11.9 Å². The molecule has 0 saturated carbocycles. The molecule has 7 nitrogen and oxygen atoms in total. The van der Waals surface area contributed by atoms with Gasteiger partial charge in [-0.1, -0.05) is 0 Å². The zero-order valence-corrected chi connectivity index (χ0v) is 11.2. The maximum atomic E-state index is 11.7. The zero-order chi connectivity index (χ0) is 13.5. The molecule has 2 unspecified atom stereocenters. The van der Waals surface area contributed by atoms with Crippen LogP contribution >= 0.6 is 0 Å². The molecule has 104 valence electrons. The Labute approximate surface area is 107 Å². The predicted molar refractivity (Wildman–Crippen MR) is 67.3 cm³/mol. The number of ether oxygens (including phenoxy) is 1. The highest BCUT2D eigenvalue weighted by Crippen LogP contribution is 2.02. The van der Waals surface area contributed by atoms with Gasteiger partial charge in [0.2, 0.25) is 5.91 Å². The Morgan fingerprint density at radius 2 is 2.28 bits per heavy atom. The van der Waals surface area contributed by atoms with Crippen molar-refractivity contribution in [1.82, 2.24) is 20.9 Å². The van der Waals surface area contributed by atoms with E-state index in [-0.39, 0.29) is 18.1 Å². The van der Waals surface area contributed by atoms with Crippen molar-refractivity contribution in [1.29, 1.82) is 0 Å². The van der Waals surface area contributed by atoms with Gasteiger partial charge >= 0.3 is 6.03 Å². The van der Waals surface area contributed by atoms with E-state index in [0.717, 1.165) is 13.1 Å². The Morgan fingerprint density at radius 1 is 1.56 bits per heavy atom. The van der Waals surface area contributed by atoms with Crippen molar-refractivity contribution in [3.05, 3.63) is 0 Å². The molecule has 1 aliphatic heterocycles. The second-order valence-electron chi connectivity index (χ2n) is 4.38. The van der Waals surface area contributed by atoms with Gasteiger partial charge in [0.25, 0.3) is 0 Å². The minimum absolute atomic E-state index is 0.0824. The Morgan fingerprint density at radius 3 is 2.83 bits per heavy atom. The number of urea groups is 1. The fraction of sp³-hybridized carbons (Fsp3) is 0.818. The SMILES string of the molecule is CNC(=O)NC(=O)C(C)N(C)CC1CNCCO1. The summed E-state index contributed by atoms with van der Waals surface area (Å²) in [5, 5.41) is 7.84. The van der Waals surface area contributed by atoms with E-state index in [9.17, 15) is 9.59 Å². The normalized spacial score (nSPS) is 21.4. The third-order valence-corrected chi connectivity index (χ3v) is 3.00. The van der Waals surface area contributed by atoms with E-state index in [1.165, 1.54) is 7.05 Å². The van der Waals surface area contributed by atoms with Crippen molar-refractivity contribution in [2.45, 2.75) is 19.1 Å². The lowest BCUT2D eigenvalue weighted by Crippen LogP contribution is -2.51. The fourth-order valence-corrected chi connectivity index (χ4v) is 1.70. The molecule has 1 fully saturated rings. The summed E-state index contributed by atoms with van der Waals surface area (Å²) in [5.74, 6) is -0.319. The van der Waals surface area contributed by atoms with Crippen LogP contribution in [0.5, 0.6) is 0 Å². The van der Waals surface area contributed by atoms with Crippen molar-refractivity contribution in [3.8, 4) is 0 Å². The third kappa shape index (κ3) is 4.59. The van der Waals surface area contributed by atoms with Crippen molar-refractivity contribution < 1.29 is 14.3 Å². The number of nitrogens with one attached hydrogen (secondary N) is 3. The first kappa shape index (κ1) is 14.9. The summed E-state index contributed by atoms with van der Waals surface area (Å²) in [6, 6.07) is -0.872. The van der Waals surface area contributed by atoms with E-state index in [2.05, 4.69) is 16.0 Å². The number of imide groups is 1. The number of hydrogen-bond donors (Lipinski definition) is 3. The van der Waals surface area contributed by atoms with E-state index in [1.54, 1.807) is 6.92 Å². The largest absolute Gasteiger partial charge is 0.374 e. The van der Waals surface area contributed by atoms with Crippen molar-refractivity contribution in [2.24, 2.45) is 0 Å². The molecule has 1 rings (SSSR count). The molecule has 18 heavy (non-hydrogen) atoms. The molecule has 0 bridgehead atoms. The maximum Gasteiger partial charge on any atom is 0.321 e. The summed E-state index contributed by atoms with van der Waals surface area (Å²) < 4.78 is 5.57. The molecule has 2 atom stereocenters. The number of carbonyl (C=O) groups is 2. The van der Waals surface area contributed by atoms with Crippen LogP contribution in [0.15, 0.2) is 0 Å². The van der Waals surface area contributed by atoms with Crippen LogP contribution in [0.25, 0.3) is 0 Å². The summed E-state index contributed by atoms with van der Waals surface area (Å²) in [6.45, 7) is 4.75. The summed E-state index contributed by atoms with van der Waals surface area (Å²) in [5.41, 5.74) is 0. The molecule has 0 radical (unpaired) electrons. The lowest BCUT2D eigenvalue weighted by Gasteiger charge is -2.30. The standard InChI is InChI=1S/C11H22N4O3/c1-8(10(16)14-11(17)12-2)15(3)7-9-6-13-4-5-18-9/h8-9,13H,4-7H2,1-3H3,(H2,12,14,16,17). The summed E-state index contributed by atoms with van der Waals surface area (Å²) in [6.07, 6.45) is 0.0824. The second-order valence-corrected chi connectivity index (χ2v) is 4.38. The Kier molecular flexibility index (Phi) is 6.03. The number of amides is 3. The fourth-order valence-electron chi connectivity index (χ4n) is 1.70. The van der Waals surface area contributed by atoms with Crippen molar-refractivity contribution in [2.75, 3.05) is 40.3 Å². The molecule has 0 aromatic carbocycles. The Hall–Kier alpha value is -1.18. The van der Waals surface area contributed by atoms with Gasteiger partial charge in [-0.25, -0.2) is 4.79 Å². The van der Waals surface area contributed by atoms with E-state index < -0.39 is 6.03 Å².